The molecule has 9 nitrogen and oxygen atoms in total. The van der Waals surface area contributed by atoms with Crippen LogP contribution in [0, 0.1) is 31.6 Å². The molecule has 0 unspecified atom stereocenters. The van der Waals surface area contributed by atoms with Crippen molar-refractivity contribution < 1.29 is 9.85 Å². The Labute approximate surface area is 124 Å². The van der Waals surface area contributed by atoms with Crippen LogP contribution in [0.15, 0.2) is 24.3 Å². The van der Waals surface area contributed by atoms with Gasteiger partial charge in [-0.2, -0.15) is 10.4 Å². The Morgan fingerprint density at radius 3 is 2.41 bits per heavy atom. The van der Waals surface area contributed by atoms with Crippen molar-refractivity contribution in [1.29, 1.82) is 5.26 Å². The van der Waals surface area contributed by atoms with E-state index in [0.29, 0.717) is 5.69 Å². The molecule has 9 heteroatoms. The third kappa shape index (κ3) is 2.62. The van der Waals surface area contributed by atoms with Crippen LogP contribution in [0.1, 0.15) is 31.2 Å². The van der Waals surface area contributed by atoms with Gasteiger partial charge in [-0.3, -0.25) is 20.2 Å². The molecule has 1 aromatic carbocycles. The Balaban J connectivity index is 2.72. The van der Waals surface area contributed by atoms with Gasteiger partial charge in [0.1, 0.15) is 11.8 Å². The SMILES string of the molecule is CC(C)c1cc(C#N)nn1-c1ccc([N+](=O)[O-])cc1[N+](=O)[O-]. The first kappa shape index (κ1) is 15.1. The molecule has 1 heterocycles. The maximum atomic E-state index is 11.2. The Bertz CT molecular complexity index is 803. The van der Waals surface area contributed by atoms with Gasteiger partial charge in [-0.15, -0.1) is 0 Å². The second kappa shape index (κ2) is 5.61. The predicted molar refractivity (Wildman–Crippen MR) is 75.7 cm³/mol. The van der Waals surface area contributed by atoms with E-state index < -0.39 is 15.5 Å². The van der Waals surface area contributed by atoms with Crippen LogP contribution in [0.3, 0.4) is 0 Å². The number of hydrogen-bond donors (Lipinski definition) is 0. The van der Waals surface area contributed by atoms with Crippen LogP contribution in [0.4, 0.5) is 11.4 Å². The van der Waals surface area contributed by atoms with Gasteiger partial charge in [0.15, 0.2) is 5.69 Å². The average Bonchev–Trinajstić information content (AvgIpc) is 2.90. The van der Waals surface area contributed by atoms with Crippen molar-refractivity contribution in [3.8, 4) is 11.8 Å². The van der Waals surface area contributed by atoms with E-state index in [1.165, 1.54) is 22.9 Å². The second-order valence-corrected chi connectivity index (χ2v) is 4.82. The molecule has 22 heavy (non-hydrogen) atoms. The summed E-state index contributed by atoms with van der Waals surface area (Å²) in [6, 6.07) is 6.73. The second-order valence-electron chi connectivity index (χ2n) is 4.82. The summed E-state index contributed by atoms with van der Waals surface area (Å²) in [5, 5.41) is 34.9. The van der Waals surface area contributed by atoms with E-state index in [2.05, 4.69) is 5.10 Å². The summed E-state index contributed by atoms with van der Waals surface area (Å²) in [5.74, 6) is -0.0376. The van der Waals surface area contributed by atoms with Gasteiger partial charge >= 0.3 is 5.69 Å². The minimum Gasteiger partial charge on any atom is -0.258 e. The van der Waals surface area contributed by atoms with Crippen molar-refractivity contribution in [2.45, 2.75) is 19.8 Å². The maximum absolute atomic E-state index is 11.2. The van der Waals surface area contributed by atoms with Crippen LogP contribution in [0.25, 0.3) is 5.69 Å². The van der Waals surface area contributed by atoms with Crippen LogP contribution in [-0.4, -0.2) is 19.6 Å². The van der Waals surface area contributed by atoms with E-state index in [4.69, 9.17) is 5.26 Å². The third-order valence-electron chi connectivity index (χ3n) is 3.04. The summed E-state index contributed by atoms with van der Waals surface area (Å²) in [6.45, 7) is 3.71. The van der Waals surface area contributed by atoms with E-state index in [1.807, 2.05) is 19.9 Å². The molecule has 0 aliphatic carbocycles. The number of benzene rings is 1. The van der Waals surface area contributed by atoms with Gasteiger partial charge < -0.3 is 0 Å². The molecule has 112 valence electrons. The third-order valence-corrected chi connectivity index (χ3v) is 3.04. The van der Waals surface area contributed by atoms with Crippen LogP contribution in [0.2, 0.25) is 0 Å². The number of rotatable bonds is 4. The molecule has 0 aliphatic heterocycles. The fraction of sp³-hybridized carbons (Fsp3) is 0.231. The summed E-state index contributed by atoms with van der Waals surface area (Å²) >= 11 is 0. The van der Waals surface area contributed by atoms with Gasteiger partial charge in [0.2, 0.25) is 0 Å². The minimum atomic E-state index is -0.708. The minimum absolute atomic E-state index is 0.0376. The zero-order valence-corrected chi connectivity index (χ0v) is 11.8. The first-order valence-electron chi connectivity index (χ1n) is 6.28. The fourth-order valence-electron chi connectivity index (χ4n) is 2.01. The van der Waals surface area contributed by atoms with Crippen molar-refractivity contribution >= 4 is 11.4 Å². The molecule has 0 N–H and O–H groups in total. The molecule has 2 aromatic rings. The molecular weight excluding hydrogens is 290 g/mol. The van der Waals surface area contributed by atoms with E-state index >= 15 is 0 Å². The number of nitrogens with zero attached hydrogens (tertiary/aromatic N) is 5. The lowest BCUT2D eigenvalue weighted by molar-refractivity contribution is -0.394. The summed E-state index contributed by atoms with van der Waals surface area (Å²) in [4.78, 5) is 20.6. The Kier molecular flexibility index (Phi) is 3.85. The standard InChI is InChI=1S/C13H11N5O4/c1-8(2)12-5-9(7-14)15-16(12)11-4-3-10(17(19)20)6-13(11)18(21)22/h3-6,8H,1-2H3. The number of nitriles is 1. The number of non-ortho nitro benzene ring substituents is 1. The van der Waals surface area contributed by atoms with Crippen LogP contribution < -0.4 is 0 Å². The molecule has 1 aromatic heterocycles. The molecule has 0 saturated carbocycles. The lowest BCUT2D eigenvalue weighted by atomic mass is 10.1. The highest BCUT2D eigenvalue weighted by molar-refractivity contribution is 5.58. The molecule has 0 amide bonds. The van der Waals surface area contributed by atoms with E-state index in [-0.39, 0.29) is 23.0 Å². The molecule has 0 atom stereocenters. The van der Waals surface area contributed by atoms with E-state index in [1.54, 1.807) is 0 Å². The van der Waals surface area contributed by atoms with Crippen LogP contribution in [0.5, 0.6) is 0 Å². The molecule has 0 spiro atoms. The Hall–Kier alpha value is -3.28. The quantitative estimate of drug-likeness (QED) is 0.630. The van der Waals surface area contributed by atoms with Gasteiger partial charge in [0.25, 0.3) is 5.69 Å². The van der Waals surface area contributed by atoms with Gasteiger partial charge in [-0.1, -0.05) is 13.8 Å². The van der Waals surface area contributed by atoms with E-state index in [0.717, 1.165) is 6.07 Å². The van der Waals surface area contributed by atoms with Gasteiger partial charge in [-0.25, -0.2) is 4.68 Å². The van der Waals surface area contributed by atoms with Gasteiger partial charge in [-0.05, 0) is 18.1 Å². The molecule has 0 aliphatic rings. The van der Waals surface area contributed by atoms with Gasteiger partial charge in [0.05, 0.1) is 15.9 Å². The summed E-state index contributed by atoms with van der Waals surface area (Å²) in [5.41, 5.74) is -0.0106. The first-order valence-corrected chi connectivity index (χ1v) is 6.28. The number of nitro groups is 2. The smallest absolute Gasteiger partial charge is 0.258 e. The largest absolute Gasteiger partial charge is 0.301 e. The molecular formula is C13H11N5O4. The van der Waals surface area contributed by atoms with Crippen molar-refractivity contribution in [3.05, 3.63) is 55.9 Å². The average molecular weight is 301 g/mol. The van der Waals surface area contributed by atoms with E-state index in [9.17, 15) is 20.2 Å². The van der Waals surface area contributed by atoms with Gasteiger partial charge in [0, 0.05) is 11.8 Å². The topological polar surface area (TPSA) is 128 Å². The summed E-state index contributed by atoms with van der Waals surface area (Å²) in [7, 11) is 0. The normalized spacial score (nSPS) is 10.5. The fourth-order valence-corrected chi connectivity index (χ4v) is 2.01. The van der Waals surface area contributed by atoms with Crippen molar-refractivity contribution in [1.82, 2.24) is 9.78 Å². The monoisotopic (exact) mass is 301 g/mol. The highest BCUT2D eigenvalue weighted by Gasteiger charge is 2.24. The predicted octanol–water partition coefficient (Wildman–Crippen LogP) is 2.68. The zero-order valence-electron chi connectivity index (χ0n) is 11.8. The first-order chi connectivity index (χ1) is 10.3. The maximum Gasteiger partial charge on any atom is 0.301 e. The highest BCUT2D eigenvalue weighted by atomic mass is 16.6. The van der Waals surface area contributed by atoms with Crippen LogP contribution in [-0.2, 0) is 0 Å². The number of hydrogen-bond acceptors (Lipinski definition) is 6. The molecule has 0 saturated heterocycles. The van der Waals surface area contributed by atoms with Crippen molar-refractivity contribution in [2.75, 3.05) is 0 Å². The van der Waals surface area contributed by atoms with Crippen LogP contribution >= 0.6 is 0 Å². The summed E-state index contributed by atoms with van der Waals surface area (Å²) < 4.78 is 1.28. The lowest BCUT2D eigenvalue weighted by Crippen LogP contribution is -2.07. The number of nitro benzene ring substituents is 2. The zero-order chi connectivity index (χ0) is 16.4. The molecule has 0 radical (unpaired) electrons. The molecule has 0 fully saturated rings. The lowest BCUT2D eigenvalue weighted by Gasteiger charge is -2.10. The Morgan fingerprint density at radius 2 is 1.91 bits per heavy atom. The van der Waals surface area contributed by atoms with Crippen molar-refractivity contribution in [2.24, 2.45) is 0 Å². The highest BCUT2D eigenvalue weighted by Crippen LogP contribution is 2.30. The number of aromatic nitrogens is 2. The van der Waals surface area contributed by atoms with Crippen molar-refractivity contribution in [3.63, 3.8) is 0 Å². The molecule has 0 bridgehead atoms. The molecule has 2 rings (SSSR count). The summed E-state index contributed by atoms with van der Waals surface area (Å²) in [6.07, 6.45) is 0. The Morgan fingerprint density at radius 1 is 1.23 bits per heavy atom.